The predicted octanol–water partition coefficient (Wildman–Crippen LogP) is 6.24. The van der Waals surface area contributed by atoms with Gasteiger partial charge in [-0.05, 0) is 60.3 Å². The summed E-state index contributed by atoms with van der Waals surface area (Å²) < 4.78 is 44.5. The van der Waals surface area contributed by atoms with Crippen LogP contribution in [0, 0.1) is 6.92 Å². The molecule has 0 saturated carbocycles. The molecule has 0 spiro atoms. The highest BCUT2D eigenvalue weighted by atomic mass is 32.2. The van der Waals surface area contributed by atoms with Crippen molar-refractivity contribution in [3.8, 4) is 23.0 Å². The number of phenolic OH excluding ortho intramolecular Hbond substituents is 2. The third-order valence-electron chi connectivity index (χ3n) is 5.54. The maximum absolute atomic E-state index is 12.1. The van der Waals surface area contributed by atoms with Crippen LogP contribution in [0.15, 0.2) is 79.9 Å². The van der Waals surface area contributed by atoms with Crippen LogP contribution in [0.5, 0.6) is 23.0 Å². The lowest BCUT2D eigenvalue weighted by Crippen LogP contribution is -1.99. The molecule has 12 nitrogen and oxygen atoms in total. The zero-order valence-corrected chi connectivity index (χ0v) is 21.3. The van der Waals surface area contributed by atoms with Crippen molar-refractivity contribution >= 4 is 49.3 Å². The zero-order chi connectivity index (χ0) is 27.6. The second-order valence-electron chi connectivity index (χ2n) is 8.09. The molecule has 0 bridgehead atoms. The van der Waals surface area contributed by atoms with Gasteiger partial charge >= 0.3 is 0 Å². The predicted molar refractivity (Wildman–Crippen MR) is 141 cm³/mol. The average Bonchev–Trinajstić information content (AvgIpc) is 2.87. The number of hydrogen-bond acceptors (Lipinski definition) is 11. The molecule has 38 heavy (non-hydrogen) atoms. The summed E-state index contributed by atoms with van der Waals surface area (Å²) in [5, 5.41) is 37.4. The van der Waals surface area contributed by atoms with Crippen molar-refractivity contribution in [2.24, 2.45) is 20.5 Å². The Labute approximate surface area is 217 Å². The van der Waals surface area contributed by atoms with Crippen molar-refractivity contribution in [2.45, 2.75) is 11.8 Å². The molecule has 0 aromatic heterocycles. The number of hydrogen-bond donors (Lipinski definition) is 4. The van der Waals surface area contributed by atoms with Crippen molar-refractivity contribution in [3.63, 3.8) is 0 Å². The summed E-state index contributed by atoms with van der Waals surface area (Å²) in [4.78, 5) is -0.638. The summed E-state index contributed by atoms with van der Waals surface area (Å²) in [5.74, 6) is 0.0821. The van der Waals surface area contributed by atoms with E-state index in [-0.39, 0.29) is 22.6 Å². The van der Waals surface area contributed by atoms with E-state index in [1.165, 1.54) is 44.6 Å². The van der Waals surface area contributed by atoms with E-state index in [0.29, 0.717) is 33.8 Å². The molecule has 0 amide bonds. The Morgan fingerprint density at radius 3 is 2.13 bits per heavy atom. The van der Waals surface area contributed by atoms with Gasteiger partial charge in [-0.2, -0.15) is 13.5 Å². The van der Waals surface area contributed by atoms with Gasteiger partial charge in [-0.25, -0.2) is 0 Å². The van der Waals surface area contributed by atoms with Crippen molar-refractivity contribution in [3.05, 3.63) is 60.2 Å². The van der Waals surface area contributed by atoms with Gasteiger partial charge in [0.2, 0.25) is 0 Å². The van der Waals surface area contributed by atoms with Gasteiger partial charge < -0.3 is 25.4 Å². The Kier molecular flexibility index (Phi) is 7.15. The molecular weight excluding hydrogens is 514 g/mol. The molecule has 0 atom stereocenters. The summed E-state index contributed by atoms with van der Waals surface area (Å²) in [6.45, 7) is 1.74. The average molecular weight is 538 g/mol. The molecule has 13 heteroatoms. The van der Waals surface area contributed by atoms with Gasteiger partial charge in [0, 0.05) is 23.2 Å². The Hall–Kier alpha value is -4.75. The standard InChI is InChI=1S/C25H23N5O7S/c1-13-8-20(22(37-3)12-19(13)28-27-18-7-5-16(31)11-21(18)36-2)29-30-24-23(38(33,34)35)10-14-9-15(26)4-6-17(14)25(24)32/h4-12,31-32H,26H2,1-3H3,(H,33,34,35). The number of azo groups is 2. The molecule has 0 aliphatic heterocycles. The molecule has 0 heterocycles. The van der Waals surface area contributed by atoms with Crippen LogP contribution in [0.25, 0.3) is 10.8 Å². The maximum atomic E-state index is 12.1. The second-order valence-corrected chi connectivity index (χ2v) is 9.48. The molecule has 4 aromatic rings. The van der Waals surface area contributed by atoms with E-state index in [9.17, 15) is 23.2 Å². The van der Waals surface area contributed by atoms with E-state index in [1.807, 2.05) is 0 Å². The molecule has 4 rings (SSSR count). The number of fused-ring (bicyclic) bond motifs is 1. The Bertz CT molecular complexity index is 1720. The monoisotopic (exact) mass is 537 g/mol. The third-order valence-corrected chi connectivity index (χ3v) is 6.40. The lowest BCUT2D eigenvalue weighted by molar-refractivity contribution is 0.408. The van der Waals surface area contributed by atoms with Crippen molar-refractivity contribution in [2.75, 3.05) is 20.0 Å². The van der Waals surface area contributed by atoms with E-state index < -0.39 is 26.5 Å². The Morgan fingerprint density at radius 2 is 1.45 bits per heavy atom. The Morgan fingerprint density at radius 1 is 0.789 bits per heavy atom. The number of nitrogens with zero attached hydrogens (tertiary/aromatic N) is 4. The molecule has 0 unspecified atom stereocenters. The third kappa shape index (κ3) is 5.33. The minimum Gasteiger partial charge on any atom is -0.508 e. The molecule has 0 saturated heterocycles. The van der Waals surface area contributed by atoms with Crippen LogP contribution in [0.2, 0.25) is 0 Å². The van der Waals surface area contributed by atoms with Gasteiger partial charge in [0.25, 0.3) is 10.1 Å². The van der Waals surface area contributed by atoms with E-state index >= 15 is 0 Å². The highest BCUT2D eigenvalue weighted by Crippen LogP contribution is 2.43. The second kappa shape index (κ2) is 10.3. The smallest absolute Gasteiger partial charge is 0.296 e. The lowest BCUT2D eigenvalue weighted by Gasteiger charge is -2.10. The molecule has 0 radical (unpaired) electrons. The minimum atomic E-state index is -4.78. The van der Waals surface area contributed by atoms with E-state index in [4.69, 9.17) is 15.2 Å². The number of nitrogens with two attached hydrogens (primary N) is 1. The summed E-state index contributed by atoms with van der Waals surface area (Å²) in [6, 6.07) is 13.2. The number of aryl methyl sites for hydroxylation is 1. The molecular formula is C25H23N5O7S. The molecule has 0 aliphatic carbocycles. The minimum absolute atomic E-state index is 0.0205. The first-order valence-corrected chi connectivity index (χ1v) is 12.4. The summed E-state index contributed by atoms with van der Waals surface area (Å²) in [7, 11) is -1.94. The fourth-order valence-electron chi connectivity index (χ4n) is 3.64. The number of rotatable bonds is 7. The van der Waals surface area contributed by atoms with E-state index in [1.54, 1.807) is 25.1 Å². The number of phenols is 2. The van der Waals surface area contributed by atoms with Gasteiger partial charge in [0.1, 0.15) is 39.2 Å². The summed E-state index contributed by atoms with van der Waals surface area (Å²) >= 11 is 0. The fourth-order valence-corrected chi connectivity index (χ4v) is 4.29. The Balaban J connectivity index is 1.77. The molecule has 5 N–H and O–H groups in total. The molecule has 0 fully saturated rings. The maximum Gasteiger partial charge on any atom is 0.296 e. The SMILES string of the molecule is COc1cc(O)ccc1N=Nc1cc(OC)c(N=Nc2c(S(=O)(=O)O)cc3cc(N)ccc3c2O)cc1C. The number of ether oxygens (including phenoxy) is 2. The van der Waals surface area contributed by atoms with Gasteiger partial charge in [-0.3, -0.25) is 4.55 Å². The molecule has 4 aromatic carbocycles. The van der Waals surface area contributed by atoms with Crippen LogP contribution in [0.1, 0.15) is 5.56 Å². The van der Waals surface area contributed by atoms with Crippen LogP contribution in [0.3, 0.4) is 0 Å². The number of anilines is 1. The van der Waals surface area contributed by atoms with E-state index in [2.05, 4.69) is 20.5 Å². The van der Waals surface area contributed by atoms with Crippen molar-refractivity contribution in [1.29, 1.82) is 0 Å². The molecule has 196 valence electrons. The van der Waals surface area contributed by atoms with Crippen LogP contribution in [-0.2, 0) is 10.1 Å². The summed E-state index contributed by atoms with van der Waals surface area (Å²) in [6.07, 6.45) is 0. The topological polar surface area (TPSA) is 189 Å². The first-order chi connectivity index (χ1) is 18.0. The fraction of sp³-hybridized carbons (Fsp3) is 0.120. The zero-order valence-electron chi connectivity index (χ0n) is 20.4. The number of methoxy groups -OCH3 is 2. The lowest BCUT2D eigenvalue weighted by atomic mass is 10.1. The highest BCUT2D eigenvalue weighted by Gasteiger charge is 2.22. The first-order valence-electron chi connectivity index (χ1n) is 10.9. The number of nitrogen functional groups attached to an aromatic ring is 1. The van der Waals surface area contributed by atoms with Crippen LogP contribution >= 0.6 is 0 Å². The van der Waals surface area contributed by atoms with Crippen LogP contribution < -0.4 is 15.2 Å². The van der Waals surface area contributed by atoms with Gasteiger partial charge in [-0.15, -0.1) is 15.3 Å². The van der Waals surface area contributed by atoms with Gasteiger partial charge in [0.05, 0.1) is 19.9 Å². The van der Waals surface area contributed by atoms with Crippen LogP contribution in [-0.4, -0.2) is 37.4 Å². The van der Waals surface area contributed by atoms with Crippen molar-refractivity contribution in [1.82, 2.24) is 0 Å². The normalized spacial score (nSPS) is 12.0. The number of aromatic hydroxyl groups is 2. The van der Waals surface area contributed by atoms with Gasteiger partial charge in [-0.1, -0.05) is 0 Å². The molecule has 0 aliphatic rings. The quantitative estimate of drug-likeness (QED) is 0.121. The van der Waals surface area contributed by atoms with Crippen LogP contribution in [0.4, 0.5) is 28.4 Å². The van der Waals surface area contributed by atoms with Crippen molar-refractivity contribution < 1.29 is 32.7 Å². The first kappa shape index (κ1) is 26.3. The largest absolute Gasteiger partial charge is 0.508 e. The van der Waals surface area contributed by atoms with E-state index in [0.717, 1.165) is 6.07 Å². The summed E-state index contributed by atoms with van der Waals surface area (Å²) in [5.41, 5.74) is 7.29. The van der Waals surface area contributed by atoms with Gasteiger partial charge in [0.15, 0.2) is 5.75 Å². The highest BCUT2D eigenvalue weighted by molar-refractivity contribution is 7.86. The number of benzene rings is 4.